The van der Waals surface area contributed by atoms with Crippen molar-refractivity contribution in [3.8, 4) is 11.5 Å². The maximum atomic E-state index is 10.4. The minimum atomic E-state index is -0.589. The molecule has 1 heterocycles. The van der Waals surface area contributed by atoms with Crippen LogP contribution in [0.25, 0.3) is 0 Å². The topological polar surface area (TPSA) is 29.5 Å². The summed E-state index contributed by atoms with van der Waals surface area (Å²) >= 11 is 0. The Hall–Kier alpha value is -1.74. The van der Waals surface area contributed by atoms with Gasteiger partial charge in [-0.25, -0.2) is 0 Å². The van der Waals surface area contributed by atoms with Crippen molar-refractivity contribution in [2.75, 3.05) is 0 Å². The first-order valence-corrected chi connectivity index (χ1v) is 5.72. The number of aryl methyl sites for hydroxylation is 2. The fraction of sp³-hybridized carbons (Fsp3) is 0.143. The molecule has 0 atom stereocenters. The van der Waals surface area contributed by atoms with E-state index in [0.29, 0.717) is 0 Å². The van der Waals surface area contributed by atoms with Crippen LogP contribution in [0.4, 0.5) is 0 Å². The number of rotatable bonds is 0. The second-order valence-corrected chi connectivity index (χ2v) is 4.59. The molecule has 0 saturated heterocycles. The molecule has 2 aromatic carbocycles. The maximum Gasteiger partial charge on any atom is 0.366 e. The Labute approximate surface area is 101 Å². The van der Waals surface area contributed by atoms with Gasteiger partial charge in [-0.1, -0.05) is 35.4 Å². The van der Waals surface area contributed by atoms with Gasteiger partial charge in [0.05, 0.1) is 0 Å². The zero-order valence-corrected chi connectivity index (χ0v) is 9.90. The van der Waals surface area contributed by atoms with Crippen LogP contribution in [0.15, 0.2) is 36.4 Å². The lowest BCUT2D eigenvalue weighted by Crippen LogP contribution is -2.46. The second-order valence-electron chi connectivity index (χ2n) is 4.59. The van der Waals surface area contributed by atoms with E-state index in [9.17, 15) is 5.02 Å². The van der Waals surface area contributed by atoms with Crippen LogP contribution in [0.5, 0.6) is 11.5 Å². The van der Waals surface area contributed by atoms with Crippen LogP contribution < -0.4 is 15.7 Å². The third kappa shape index (κ3) is 1.63. The molecule has 0 amide bonds. The van der Waals surface area contributed by atoms with E-state index in [4.69, 9.17) is 4.74 Å². The summed E-state index contributed by atoms with van der Waals surface area (Å²) in [5, 5.41) is 10.4. The van der Waals surface area contributed by atoms with Crippen LogP contribution in [0.1, 0.15) is 11.1 Å². The van der Waals surface area contributed by atoms with Gasteiger partial charge in [0.15, 0.2) is 0 Å². The minimum Gasteiger partial charge on any atom is -0.458 e. The van der Waals surface area contributed by atoms with Crippen LogP contribution in [0, 0.1) is 13.8 Å². The summed E-state index contributed by atoms with van der Waals surface area (Å²) in [5.74, 6) is 1.50. The Morgan fingerprint density at radius 2 is 1.35 bits per heavy atom. The molecule has 0 bridgehead atoms. The van der Waals surface area contributed by atoms with E-state index >= 15 is 0 Å². The predicted octanol–water partition coefficient (Wildman–Crippen LogP) is 1.51. The van der Waals surface area contributed by atoms with E-state index in [-0.39, 0.29) is 0 Å². The largest absolute Gasteiger partial charge is 0.458 e. The third-order valence-corrected chi connectivity index (χ3v) is 3.14. The third-order valence-electron chi connectivity index (χ3n) is 3.14. The minimum absolute atomic E-state index is 0.589. The number of hydrogen-bond donors (Lipinski definition) is 1. The molecular formula is C14H13BO2. The summed E-state index contributed by atoms with van der Waals surface area (Å²) in [4.78, 5) is 0. The van der Waals surface area contributed by atoms with Crippen molar-refractivity contribution in [3.63, 3.8) is 0 Å². The van der Waals surface area contributed by atoms with Gasteiger partial charge < -0.3 is 9.76 Å². The second kappa shape index (κ2) is 3.64. The summed E-state index contributed by atoms with van der Waals surface area (Å²) in [5.41, 5.74) is 3.95. The average Bonchev–Trinajstić information content (AvgIpc) is 2.32. The Kier molecular flexibility index (Phi) is 2.23. The van der Waals surface area contributed by atoms with Crippen LogP contribution in [-0.2, 0) is 0 Å². The van der Waals surface area contributed by atoms with Crippen LogP contribution in [-0.4, -0.2) is 11.9 Å². The number of hydrogen-bond acceptors (Lipinski definition) is 2. The van der Waals surface area contributed by atoms with E-state index in [1.54, 1.807) is 0 Å². The van der Waals surface area contributed by atoms with Gasteiger partial charge in [-0.15, -0.1) is 0 Å². The number of ether oxygens (including phenoxy) is 1. The van der Waals surface area contributed by atoms with E-state index < -0.39 is 6.92 Å². The van der Waals surface area contributed by atoms with Gasteiger partial charge in [-0.2, -0.15) is 0 Å². The molecule has 84 valence electrons. The lowest BCUT2D eigenvalue weighted by atomic mass is 9.54. The van der Waals surface area contributed by atoms with Gasteiger partial charge in [0.25, 0.3) is 0 Å². The number of benzene rings is 2. The molecule has 17 heavy (non-hydrogen) atoms. The molecule has 2 aromatic rings. The highest BCUT2D eigenvalue weighted by Gasteiger charge is 2.29. The summed E-state index contributed by atoms with van der Waals surface area (Å²) in [6.07, 6.45) is 0. The highest BCUT2D eigenvalue weighted by molar-refractivity contribution is 6.80. The predicted molar refractivity (Wildman–Crippen MR) is 69.7 cm³/mol. The standard InChI is InChI=1S/C14H13BO2/c1-9-3-5-13-11(7-9)15(16)12-8-10(2)4-6-14(12)17-13/h3-8,16H,1-2H3. The lowest BCUT2D eigenvalue weighted by molar-refractivity contribution is 0.479. The SMILES string of the molecule is Cc1ccc2c(c1)B(O)c1cc(C)ccc1O2. The molecule has 0 fully saturated rings. The van der Waals surface area contributed by atoms with Gasteiger partial charge in [0.2, 0.25) is 0 Å². The van der Waals surface area contributed by atoms with Crippen molar-refractivity contribution >= 4 is 17.8 Å². The molecule has 0 aliphatic carbocycles. The highest BCUT2D eigenvalue weighted by Crippen LogP contribution is 2.24. The first-order valence-electron chi connectivity index (χ1n) is 5.72. The van der Waals surface area contributed by atoms with Crippen LogP contribution >= 0.6 is 0 Å². The Morgan fingerprint density at radius 1 is 0.882 bits per heavy atom. The quantitative estimate of drug-likeness (QED) is 0.687. The molecular weight excluding hydrogens is 211 g/mol. The van der Waals surface area contributed by atoms with Crippen molar-refractivity contribution in [1.29, 1.82) is 0 Å². The van der Waals surface area contributed by atoms with E-state index in [1.165, 1.54) is 0 Å². The number of fused-ring (bicyclic) bond motifs is 2. The summed E-state index contributed by atoms with van der Waals surface area (Å²) in [7, 11) is 0. The van der Waals surface area contributed by atoms with Crippen LogP contribution in [0.3, 0.4) is 0 Å². The molecule has 0 radical (unpaired) electrons. The summed E-state index contributed by atoms with van der Waals surface area (Å²) in [6.45, 7) is 3.44. The summed E-state index contributed by atoms with van der Waals surface area (Å²) in [6, 6.07) is 11.8. The van der Waals surface area contributed by atoms with E-state index in [1.807, 2.05) is 50.2 Å². The molecule has 0 aromatic heterocycles. The fourth-order valence-corrected chi connectivity index (χ4v) is 2.24. The molecule has 0 spiro atoms. The lowest BCUT2D eigenvalue weighted by Gasteiger charge is -2.23. The molecule has 3 heteroatoms. The highest BCUT2D eigenvalue weighted by atomic mass is 16.5. The zero-order chi connectivity index (χ0) is 12.0. The monoisotopic (exact) mass is 224 g/mol. The van der Waals surface area contributed by atoms with Gasteiger partial charge in [-0.3, -0.25) is 0 Å². The molecule has 0 unspecified atom stereocenters. The van der Waals surface area contributed by atoms with Gasteiger partial charge in [-0.05, 0) is 36.9 Å². The molecule has 1 aliphatic heterocycles. The van der Waals surface area contributed by atoms with Crippen molar-refractivity contribution in [2.24, 2.45) is 0 Å². The molecule has 1 aliphatic rings. The fourth-order valence-electron chi connectivity index (χ4n) is 2.24. The molecule has 0 saturated carbocycles. The van der Waals surface area contributed by atoms with E-state index in [0.717, 1.165) is 33.6 Å². The maximum absolute atomic E-state index is 10.4. The zero-order valence-electron chi connectivity index (χ0n) is 9.90. The van der Waals surface area contributed by atoms with Gasteiger partial charge in [0.1, 0.15) is 11.5 Å². The van der Waals surface area contributed by atoms with Crippen LogP contribution in [0.2, 0.25) is 0 Å². The van der Waals surface area contributed by atoms with Gasteiger partial charge in [0, 0.05) is 0 Å². The first-order chi connectivity index (χ1) is 8.15. The van der Waals surface area contributed by atoms with Crippen molar-refractivity contribution < 1.29 is 9.76 Å². The average molecular weight is 224 g/mol. The van der Waals surface area contributed by atoms with Gasteiger partial charge >= 0.3 is 6.92 Å². The Bertz CT molecular complexity index is 541. The molecule has 2 nitrogen and oxygen atoms in total. The van der Waals surface area contributed by atoms with Crippen molar-refractivity contribution in [3.05, 3.63) is 47.5 Å². The Balaban J connectivity index is 2.18. The smallest absolute Gasteiger partial charge is 0.366 e. The van der Waals surface area contributed by atoms with Crippen molar-refractivity contribution in [2.45, 2.75) is 13.8 Å². The Morgan fingerprint density at radius 3 is 1.82 bits per heavy atom. The molecule has 3 rings (SSSR count). The normalized spacial score (nSPS) is 12.8. The summed E-state index contributed by atoms with van der Waals surface area (Å²) < 4.78 is 5.80. The van der Waals surface area contributed by atoms with E-state index in [2.05, 4.69) is 0 Å². The first kappa shape index (κ1) is 10.4. The van der Waals surface area contributed by atoms with Crippen molar-refractivity contribution in [1.82, 2.24) is 0 Å². The molecule has 1 N–H and O–H groups in total.